The maximum atomic E-state index is 8.74. The van der Waals surface area contributed by atoms with Crippen molar-refractivity contribution >= 4 is 19.7 Å². The Morgan fingerprint density at radius 1 is 1.75 bits per heavy atom. The summed E-state index contributed by atoms with van der Waals surface area (Å²) in [5, 5.41) is 0. The summed E-state index contributed by atoms with van der Waals surface area (Å²) >= 11 is 0. The van der Waals surface area contributed by atoms with Crippen LogP contribution in [0.3, 0.4) is 0 Å². The van der Waals surface area contributed by atoms with Gasteiger partial charge in [-0.3, -0.25) is 4.46 Å². The molecular formula is C2H10O4Si2. The Hall–Kier alpha value is -0.206. The predicted molar refractivity (Wildman–Crippen MR) is 32.4 cm³/mol. The molecule has 0 atom stereocenters. The summed E-state index contributed by atoms with van der Waals surface area (Å²) < 4.78 is 13.4. The Bertz CT molecular complexity index is 50.0. The molecule has 0 aromatic carbocycles. The lowest BCUT2D eigenvalue weighted by atomic mass is 10.9. The van der Waals surface area contributed by atoms with Gasteiger partial charge in [0.05, 0.1) is 0 Å². The summed E-state index contributed by atoms with van der Waals surface area (Å²) in [7, 11) is -2.24. The lowest BCUT2D eigenvalue weighted by Gasteiger charge is -1.77. The fourth-order valence-corrected chi connectivity index (χ4v) is 0. The SMILES string of the molecule is CCO[SiH3].O=[Si](O)O. The van der Waals surface area contributed by atoms with Crippen molar-refractivity contribution in [2.75, 3.05) is 6.61 Å². The standard InChI is InChI=1S/C2H8OSi.H2O3Si/c1-2-3-4;1-4(2)3/h2H2,1,4H3;1-2H. The average molecular weight is 154 g/mol. The van der Waals surface area contributed by atoms with E-state index in [9.17, 15) is 0 Å². The first kappa shape index (κ1) is 10.7. The molecule has 0 saturated carbocycles. The molecule has 50 valence electrons. The molecule has 0 heterocycles. The van der Waals surface area contributed by atoms with Crippen molar-refractivity contribution in [3.63, 3.8) is 0 Å². The van der Waals surface area contributed by atoms with Crippen LogP contribution < -0.4 is 0 Å². The second-order valence-corrected chi connectivity index (χ2v) is 2.00. The second-order valence-electron chi connectivity index (χ2n) is 0.860. The molecule has 0 amide bonds. The van der Waals surface area contributed by atoms with Gasteiger partial charge >= 0.3 is 9.17 Å². The van der Waals surface area contributed by atoms with E-state index in [-0.39, 0.29) is 0 Å². The zero-order valence-electron chi connectivity index (χ0n) is 4.92. The van der Waals surface area contributed by atoms with E-state index in [0.29, 0.717) is 0 Å². The summed E-state index contributed by atoms with van der Waals surface area (Å²) in [5.41, 5.74) is 0. The third-order valence-corrected chi connectivity index (χ3v) is 0.866. The molecule has 2 N–H and O–H groups in total. The molecule has 0 rings (SSSR count). The van der Waals surface area contributed by atoms with Gasteiger partial charge in [-0.25, -0.2) is 0 Å². The molecule has 0 unspecified atom stereocenters. The number of rotatable bonds is 1. The molecule has 0 aromatic heterocycles. The molecule has 8 heavy (non-hydrogen) atoms. The number of hydrogen-bond donors (Lipinski definition) is 2. The van der Waals surface area contributed by atoms with E-state index in [1.165, 1.54) is 0 Å². The molecule has 0 saturated heterocycles. The summed E-state index contributed by atoms with van der Waals surface area (Å²) in [4.78, 5) is 14.3. The Labute approximate surface area is 52.6 Å². The van der Waals surface area contributed by atoms with E-state index in [4.69, 9.17) is 14.1 Å². The van der Waals surface area contributed by atoms with Crippen LogP contribution in [0.15, 0.2) is 0 Å². The molecule has 0 spiro atoms. The van der Waals surface area contributed by atoms with E-state index in [0.717, 1.165) is 17.1 Å². The Kier molecular flexibility index (Phi) is 13.3. The van der Waals surface area contributed by atoms with Gasteiger partial charge in [-0.15, -0.1) is 0 Å². The monoisotopic (exact) mass is 154 g/mol. The van der Waals surface area contributed by atoms with Crippen molar-refractivity contribution < 1.29 is 18.5 Å². The first-order chi connectivity index (χ1) is 3.65. The molecule has 0 aliphatic rings. The van der Waals surface area contributed by atoms with Gasteiger partial charge in [0.1, 0.15) is 10.5 Å². The minimum Gasteiger partial charge on any atom is -0.511 e. The van der Waals surface area contributed by atoms with Gasteiger partial charge in [0.2, 0.25) is 0 Å². The van der Waals surface area contributed by atoms with Gasteiger partial charge in [0.25, 0.3) is 0 Å². The first-order valence-corrected chi connectivity index (χ1v) is 4.17. The van der Waals surface area contributed by atoms with Crippen LogP contribution in [0, 0.1) is 0 Å². The van der Waals surface area contributed by atoms with E-state index in [1.54, 1.807) is 0 Å². The molecule has 0 aromatic rings. The summed E-state index contributed by atoms with van der Waals surface area (Å²) in [6, 6.07) is 0. The van der Waals surface area contributed by atoms with Crippen molar-refractivity contribution in [3.05, 3.63) is 0 Å². The maximum Gasteiger partial charge on any atom is 0.761 e. The third kappa shape index (κ3) is 211. The summed E-state index contributed by atoms with van der Waals surface area (Å²) in [6.45, 7) is 2.87. The van der Waals surface area contributed by atoms with Crippen LogP contribution in [0.2, 0.25) is 0 Å². The molecule has 0 bridgehead atoms. The molecule has 0 aliphatic heterocycles. The summed E-state index contributed by atoms with van der Waals surface area (Å²) in [5.74, 6) is 0. The first-order valence-electron chi connectivity index (χ1n) is 2.06. The van der Waals surface area contributed by atoms with E-state index in [2.05, 4.69) is 4.43 Å². The van der Waals surface area contributed by atoms with Crippen LogP contribution in [0.4, 0.5) is 0 Å². The van der Waals surface area contributed by atoms with Crippen LogP contribution in [-0.4, -0.2) is 35.9 Å². The van der Waals surface area contributed by atoms with Crippen LogP contribution in [0.25, 0.3) is 0 Å². The fraction of sp³-hybridized carbons (Fsp3) is 1.00. The minimum atomic E-state index is -3.13. The van der Waals surface area contributed by atoms with Gasteiger partial charge in [-0.2, -0.15) is 0 Å². The molecule has 4 nitrogen and oxygen atoms in total. The molecule has 6 heteroatoms. The zero-order chi connectivity index (χ0) is 6.99. The summed E-state index contributed by atoms with van der Waals surface area (Å²) in [6.07, 6.45) is 0. The Morgan fingerprint density at radius 3 is 1.88 bits per heavy atom. The van der Waals surface area contributed by atoms with Crippen LogP contribution in [0.1, 0.15) is 6.92 Å². The van der Waals surface area contributed by atoms with Gasteiger partial charge in [0, 0.05) is 6.61 Å². The predicted octanol–water partition coefficient (Wildman–Crippen LogP) is -2.31. The quantitative estimate of drug-likeness (QED) is 0.416. The zero-order valence-corrected chi connectivity index (χ0v) is 7.92. The average Bonchev–Trinajstić information content (AvgIpc) is 1.65. The van der Waals surface area contributed by atoms with Crippen LogP contribution in [-0.2, 0) is 8.89 Å². The van der Waals surface area contributed by atoms with E-state index in [1.807, 2.05) is 6.92 Å². The van der Waals surface area contributed by atoms with E-state index >= 15 is 0 Å². The topological polar surface area (TPSA) is 66.8 Å². The van der Waals surface area contributed by atoms with Crippen LogP contribution in [0.5, 0.6) is 0 Å². The fourth-order valence-electron chi connectivity index (χ4n) is 0. The lowest BCUT2D eigenvalue weighted by molar-refractivity contribution is 0.330. The highest BCUT2D eigenvalue weighted by atomic mass is 28.3. The molecule has 0 radical (unpaired) electrons. The largest absolute Gasteiger partial charge is 0.761 e. The highest BCUT2D eigenvalue weighted by Crippen LogP contribution is 1.50. The minimum absolute atomic E-state index is 0.881. The maximum absolute atomic E-state index is 8.74. The van der Waals surface area contributed by atoms with Gasteiger partial charge in [-0.1, -0.05) is 0 Å². The second kappa shape index (κ2) is 9.92. The normalized spacial score (nSPS) is 7.12. The smallest absolute Gasteiger partial charge is 0.511 e. The van der Waals surface area contributed by atoms with Crippen molar-refractivity contribution in [3.8, 4) is 0 Å². The van der Waals surface area contributed by atoms with Gasteiger partial charge in [-0.05, 0) is 6.92 Å². The van der Waals surface area contributed by atoms with Crippen molar-refractivity contribution in [2.24, 2.45) is 0 Å². The number of hydrogen-bond acceptors (Lipinski definition) is 2. The van der Waals surface area contributed by atoms with Crippen molar-refractivity contribution in [1.82, 2.24) is 0 Å². The highest BCUT2D eigenvalue weighted by molar-refractivity contribution is 6.22. The van der Waals surface area contributed by atoms with E-state index < -0.39 is 9.17 Å². The molecular weight excluding hydrogens is 144 g/mol. The van der Waals surface area contributed by atoms with Gasteiger partial charge in [0.15, 0.2) is 0 Å². The van der Waals surface area contributed by atoms with Crippen LogP contribution >= 0.6 is 0 Å². The van der Waals surface area contributed by atoms with Crippen molar-refractivity contribution in [1.29, 1.82) is 0 Å². The molecule has 0 aliphatic carbocycles. The lowest BCUT2D eigenvalue weighted by Crippen LogP contribution is -1.90. The highest BCUT2D eigenvalue weighted by Gasteiger charge is 1.85. The van der Waals surface area contributed by atoms with Gasteiger partial charge < -0.3 is 14.0 Å². The Morgan fingerprint density at radius 2 is 1.88 bits per heavy atom. The third-order valence-electron chi connectivity index (χ3n) is 0.289. The Balaban J connectivity index is 0. The molecule has 0 fully saturated rings. The van der Waals surface area contributed by atoms with Crippen molar-refractivity contribution in [2.45, 2.75) is 6.92 Å².